The molecule has 3 aromatic rings. The monoisotopic (exact) mass is 589 g/mol. The van der Waals surface area contributed by atoms with Gasteiger partial charge in [0.05, 0.1) is 48.6 Å². The van der Waals surface area contributed by atoms with E-state index in [-0.39, 0.29) is 53.2 Å². The van der Waals surface area contributed by atoms with Crippen molar-refractivity contribution in [2.45, 2.75) is 16.7 Å². The molecule has 3 aromatic carbocycles. The van der Waals surface area contributed by atoms with Crippen molar-refractivity contribution in [1.29, 1.82) is 0 Å². The van der Waals surface area contributed by atoms with Crippen LogP contribution in [0.4, 0.5) is 11.4 Å². The quantitative estimate of drug-likeness (QED) is 0.382. The van der Waals surface area contributed by atoms with Gasteiger partial charge in [-0.15, -0.1) is 0 Å². The fraction of sp³-hybridized carbons (Fsp3) is 0.296. The Balaban J connectivity index is 1.66. The molecule has 214 valence electrons. The van der Waals surface area contributed by atoms with Gasteiger partial charge in [-0.3, -0.25) is 9.10 Å². The predicted octanol–water partition coefficient (Wildman–Crippen LogP) is 2.87. The molecule has 0 atom stereocenters. The fourth-order valence-electron chi connectivity index (χ4n) is 4.12. The van der Waals surface area contributed by atoms with Crippen molar-refractivity contribution in [2.75, 3.05) is 56.7 Å². The number of morpholine rings is 1. The Morgan fingerprint density at radius 3 is 2.25 bits per heavy atom. The van der Waals surface area contributed by atoms with Crippen LogP contribution < -0.4 is 19.1 Å². The largest absolute Gasteiger partial charge is 0.497 e. The van der Waals surface area contributed by atoms with E-state index in [0.717, 1.165) is 9.87 Å². The summed E-state index contributed by atoms with van der Waals surface area (Å²) in [6, 6.07) is 16.7. The molecule has 0 bridgehead atoms. The third kappa shape index (κ3) is 6.39. The number of anilines is 2. The molecule has 13 heteroatoms. The van der Waals surface area contributed by atoms with Gasteiger partial charge in [-0.2, -0.15) is 4.31 Å². The summed E-state index contributed by atoms with van der Waals surface area (Å²) in [4.78, 5) is 13.3. The maximum Gasteiger partial charge on any atom is 0.264 e. The standard InChI is InChI=1S/C27H31N3O8S2/c1-20-7-9-23(10-8-20)40(34,35)30(21-5-4-6-22(17-21)36-2)19-27(31)28-25-18-24(11-12-26(25)37-3)39(32,33)29-13-15-38-16-14-29/h4-12,17-18H,13-16,19H2,1-3H3,(H,28,31). The maximum absolute atomic E-state index is 13.7. The van der Waals surface area contributed by atoms with Gasteiger partial charge in [-0.25, -0.2) is 16.8 Å². The molecule has 1 heterocycles. The van der Waals surface area contributed by atoms with E-state index >= 15 is 0 Å². The van der Waals surface area contributed by atoms with Crippen LogP contribution in [0.25, 0.3) is 0 Å². The van der Waals surface area contributed by atoms with E-state index in [1.807, 2.05) is 6.92 Å². The molecule has 0 spiro atoms. The Labute approximate surface area is 234 Å². The Morgan fingerprint density at radius 2 is 1.60 bits per heavy atom. The highest BCUT2D eigenvalue weighted by molar-refractivity contribution is 7.92. The normalized spacial score (nSPS) is 14.4. The second-order valence-corrected chi connectivity index (χ2v) is 12.8. The number of amides is 1. The van der Waals surface area contributed by atoms with E-state index in [2.05, 4.69) is 5.32 Å². The number of nitrogens with zero attached hydrogens (tertiary/aromatic N) is 2. The van der Waals surface area contributed by atoms with Crippen LogP contribution in [0.1, 0.15) is 5.56 Å². The number of aryl methyl sites for hydroxylation is 1. The van der Waals surface area contributed by atoms with Gasteiger partial charge in [0.25, 0.3) is 10.0 Å². The van der Waals surface area contributed by atoms with Crippen LogP contribution in [0.15, 0.2) is 76.5 Å². The van der Waals surface area contributed by atoms with Crippen LogP contribution in [0.2, 0.25) is 0 Å². The van der Waals surface area contributed by atoms with Crippen molar-refractivity contribution in [2.24, 2.45) is 0 Å². The molecule has 1 saturated heterocycles. The first-order valence-electron chi connectivity index (χ1n) is 12.4. The number of hydrogen-bond acceptors (Lipinski definition) is 8. The average molecular weight is 590 g/mol. The number of methoxy groups -OCH3 is 2. The van der Waals surface area contributed by atoms with Crippen molar-refractivity contribution in [3.05, 3.63) is 72.3 Å². The summed E-state index contributed by atoms with van der Waals surface area (Å²) in [5.74, 6) is -0.0916. The first-order chi connectivity index (χ1) is 19.1. The summed E-state index contributed by atoms with van der Waals surface area (Å²) in [6.07, 6.45) is 0. The first-order valence-corrected chi connectivity index (χ1v) is 15.2. The highest BCUT2D eigenvalue weighted by Crippen LogP contribution is 2.31. The Hall–Kier alpha value is -3.65. The zero-order valence-electron chi connectivity index (χ0n) is 22.4. The fourth-order valence-corrected chi connectivity index (χ4v) is 6.97. The molecule has 0 saturated carbocycles. The molecule has 40 heavy (non-hydrogen) atoms. The minimum atomic E-state index is -4.17. The van der Waals surface area contributed by atoms with Crippen LogP contribution in [-0.2, 0) is 29.6 Å². The summed E-state index contributed by atoms with van der Waals surface area (Å²) in [6.45, 7) is 2.23. The van der Waals surface area contributed by atoms with Gasteiger partial charge in [0, 0.05) is 19.2 Å². The third-order valence-corrected chi connectivity index (χ3v) is 9.97. The van der Waals surface area contributed by atoms with E-state index in [1.165, 1.54) is 54.9 Å². The summed E-state index contributed by atoms with van der Waals surface area (Å²) in [7, 11) is -5.20. The zero-order chi connectivity index (χ0) is 28.9. The number of nitrogens with one attached hydrogen (secondary N) is 1. The molecule has 1 aliphatic rings. The summed E-state index contributed by atoms with van der Waals surface area (Å²) >= 11 is 0. The first kappa shape index (κ1) is 29.3. The molecule has 0 radical (unpaired) electrons. The van der Waals surface area contributed by atoms with Gasteiger partial charge in [-0.1, -0.05) is 23.8 Å². The van der Waals surface area contributed by atoms with E-state index < -0.39 is 32.5 Å². The van der Waals surface area contributed by atoms with Crippen molar-refractivity contribution in [3.63, 3.8) is 0 Å². The molecule has 0 unspecified atom stereocenters. The number of sulfonamides is 2. The second kappa shape index (κ2) is 12.3. The molecular weight excluding hydrogens is 558 g/mol. The van der Waals surface area contributed by atoms with Gasteiger partial charge in [0.15, 0.2) is 0 Å². The molecule has 0 aromatic heterocycles. The van der Waals surface area contributed by atoms with Crippen molar-refractivity contribution < 1.29 is 35.8 Å². The van der Waals surface area contributed by atoms with Gasteiger partial charge in [0.1, 0.15) is 18.0 Å². The molecule has 0 aliphatic carbocycles. The highest BCUT2D eigenvalue weighted by Gasteiger charge is 2.30. The summed E-state index contributed by atoms with van der Waals surface area (Å²) in [5.41, 5.74) is 1.18. The van der Waals surface area contributed by atoms with Gasteiger partial charge >= 0.3 is 0 Å². The lowest BCUT2D eigenvalue weighted by atomic mass is 10.2. The second-order valence-electron chi connectivity index (χ2n) is 8.95. The van der Waals surface area contributed by atoms with Crippen molar-refractivity contribution >= 4 is 37.3 Å². The number of rotatable bonds is 10. The average Bonchev–Trinajstić information content (AvgIpc) is 2.96. The number of hydrogen-bond donors (Lipinski definition) is 1. The van der Waals surface area contributed by atoms with Gasteiger partial charge in [-0.05, 0) is 49.4 Å². The van der Waals surface area contributed by atoms with Crippen LogP contribution in [-0.4, -0.2) is 74.1 Å². The van der Waals surface area contributed by atoms with E-state index in [1.54, 1.807) is 30.3 Å². The smallest absolute Gasteiger partial charge is 0.264 e. The van der Waals surface area contributed by atoms with Gasteiger partial charge in [0.2, 0.25) is 15.9 Å². The highest BCUT2D eigenvalue weighted by atomic mass is 32.2. The number of ether oxygens (including phenoxy) is 3. The Bertz CT molecular complexity index is 1570. The lowest BCUT2D eigenvalue weighted by Crippen LogP contribution is -2.40. The lowest BCUT2D eigenvalue weighted by molar-refractivity contribution is -0.114. The molecule has 1 fully saturated rings. The number of benzene rings is 3. The van der Waals surface area contributed by atoms with Gasteiger partial charge < -0.3 is 19.5 Å². The molecule has 1 N–H and O–H groups in total. The zero-order valence-corrected chi connectivity index (χ0v) is 24.0. The van der Waals surface area contributed by atoms with Crippen LogP contribution in [0.5, 0.6) is 11.5 Å². The third-order valence-electron chi connectivity index (χ3n) is 6.29. The summed E-state index contributed by atoms with van der Waals surface area (Å²) < 4.78 is 71.9. The molecule has 1 aliphatic heterocycles. The molecule has 1 amide bonds. The lowest BCUT2D eigenvalue weighted by Gasteiger charge is -2.26. The molecule has 4 rings (SSSR count). The maximum atomic E-state index is 13.7. The molecular formula is C27H31N3O8S2. The molecule has 11 nitrogen and oxygen atoms in total. The van der Waals surface area contributed by atoms with Crippen LogP contribution in [0, 0.1) is 6.92 Å². The van der Waals surface area contributed by atoms with Crippen LogP contribution in [0.3, 0.4) is 0 Å². The Kier molecular flexibility index (Phi) is 8.98. The topological polar surface area (TPSA) is 132 Å². The predicted molar refractivity (Wildman–Crippen MR) is 150 cm³/mol. The van der Waals surface area contributed by atoms with Crippen molar-refractivity contribution in [1.82, 2.24) is 4.31 Å². The summed E-state index contributed by atoms with van der Waals surface area (Å²) in [5, 5.41) is 2.63. The number of carbonyl (C=O) groups excluding carboxylic acids is 1. The minimum absolute atomic E-state index is 0.00454. The van der Waals surface area contributed by atoms with E-state index in [4.69, 9.17) is 14.2 Å². The SMILES string of the molecule is COc1cccc(N(CC(=O)Nc2cc(S(=O)(=O)N3CCOCC3)ccc2OC)S(=O)(=O)c2ccc(C)cc2)c1. The Morgan fingerprint density at radius 1 is 0.925 bits per heavy atom. The van der Waals surface area contributed by atoms with E-state index in [0.29, 0.717) is 5.75 Å². The van der Waals surface area contributed by atoms with Crippen molar-refractivity contribution in [3.8, 4) is 11.5 Å². The van der Waals surface area contributed by atoms with Crippen LogP contribution >= 0.6 is 0 Å². The van der Waals surface area contributed by atoms with E-state index in [9.17, 15) is 21.6 Å². The number of carbonyl (C=O) groups is 1. The minimum Gasteiger partial charge on any atom is -0.497 e.